The standard InChI is InChI=1S/C14H17N3O2/c1-14(2,9-18)17-13(19)11-5-3-4-10(6-11)12-7-15-16-8-12/h3-8,18H,9H2,1-2H3,(H,15,16)(H,17,19). The number of aromatic amines is 1. The fourth-order valence-corrected chi connectivity index (χ4v) is 1.67. The summed E-state index contributed by atoms with van der Waals surface area (Å²) in [6, 6.07) is 7.28. The largest absolute Gasteiger partial charge is 0.394 e. The molecule has 1 aromatic heterocycles. The van der Waals surface area contributed by atoms with Crippen LogP contribution in [0.2, 0.25) is 0 Å². The third-order valence-electron chi connectivity index (χ3n) is 2.80. The van der Waals surface area contributed by atoms with E-state index in [4.69, 9.17) is 5.11 Å². The summed E-state index contributed by atoms with van der Waals surface area (Å²) in [5, 5.41) is 18.6. The second-order valence-electron chi connectivity index (χ2n) is 5.06. The van der Waals surface area contributed by atoms with Gasteiger partial charge in [0.25, 0.3) is 5.91 Å². The molecule has 100 valence electrons. The summed E-state index contributed by atoms with van der Waals surface area (Å²) in [4.78, 5) is 12.1. The van der Waals surface area contributed by atoms with E-state index < -0.39 is 5.54 Å². The molecule has 5 nitrogen and oxygen atoms in total. The van der Waals surface area contributed by atoms with Gasteiger partial charge in [-0.05, 0) is 31.5 Å². The van der Waals surface area contributed by atoms with Crippen molar-refractivity contribution in [3.8, 4) is 11.1 Å². The second kappa shape index (κ2) is 5.24. The third kappa shape index (κ3) is 3.20. The van der Waals surface area contributed by atoms with Gasteiger partial charge in [0.2, 0.25) is 0 Å². The van der Waals surface area contributed by atoms with Crippen LogP contribution in [0.25, 0.3) is 11.1 Å². The van der Waals surface area contributed by atoms with E-state index in [1.807, 2.05) is 12.1 Å². The summed E-state index contributed by atoms with van der Waals surface area (Å²) in [6.07, 6.45) is 3.48. The van der Waals surface area contributed by atoms with E-state index >= 15 is 0 Å². The molecule has 2 aromatic rings. The molecular formula is C14H17N3O2. The van der Waals surface area contributed by atoms with Gasteiger partial charge < -0.3 is 10.4 Å². The topological polar surface area (TPSA) is 78.0 Å². The molecule has 0 aliphatic heterocycles. The number of benzene rings is 1. The van der Waals surface area contributed by atoms with Crippen molar-refractivity contribution in [3.05, 3.63) is 42.2 Å². The summed E-state index contributed by atoms with van der Waals surface area (Å²) in [6.45, 7) is 3.43. The lowest BCUT2D eigenvalue weighted by atomic mass is 10.0. The zero-order valence-corrected chi connectivity index (χ0v) is 11.0. The lowest BCUT2D eigenvalue weighted by Crippen LogP contribution is -2.46. The normalized spacial score (nSPS) is 11.3. The molecule has 0 bridgehead atoms. The molecule has 0 atom stereocenters. The Bertz CT molecular complexity index is 562. The van der Waals surface area contributed by atoms with Crippen molar-refractivity contribution in [1.82, 2.24) is 15.5 Å². The molecule has 0 aliphatic carbocycles. The minimum Gasteiger partial charge on any atom is -0.394 e. The number of rotatable bonds is 4. The number of aliphatic hydroxyl groups excluding tert-OH is 1. The van der Waals surface area contributed by atoms with Crippen molar-refractivity contribution in [3.63, 3.8) is 0 Å². The van der Waals surface area contributed by atoms with Gasteiger partial charge in [-0.15, -0.1) is 0 Å². The highest BCUT2D eigenvalue weighted by Crippen LogP contribution is 2.19. The van der Waals surface area contributed by atoms with Gasteiger partial charge in [-0.2, -0.15) is 5.10 Å². The van der Waals surface area contributed by atoms with E-state index in [2.05, 4.69) is 15.5 Å². The number of carbonyl (C=O) groups excluding carboxylic acids is 1. The predicted molar refractivity (Wildman–Crippen MR) is 72.7 cm³/mol. The highest BCUT2D eigenvalue weighted by molar-refractivity contribution is 5.95. The first-order chi connectivity index (χ1) is 9.02. The molecule has 5 heteroatoms. The molecule has 0 fully saturated rings. The van der Waals surface area contributed by atoms with Crippen LogP contribution in [0.1, 0.15) is 24.2 Å². The van der Waals surface area contributed by atoms with Crippen LogP contribution < -0.4 is 5.32 Å². The van der Waals surface area contributed by atoms with Crippen LogP contribution in [0.5, 0.6) is 0 Å². The second-order valence-corrected chi connectivity index (χ2v) is 5.06. The van der Waals surface area contributed by atoms with E-state index in [0.29, 0.717) is 5.56 Å². The Morgan fingerprint density at radius 2 is 2.21 bits per heavy atom. The molecule has 19 heavy (non-hydrogen) atoms. The van der Waals surface area contributed by atoms with Gasteiger partial charge in [0, 0.05) is 17.3 Å². The molecule has 0 aliphatic rings. The van der Waals surface area contributed by atoms with Crippen LogP contribution in [0.15, 0.2) is 36.7 Å². The number of hydrogen-bond acceptors (Lipinski definition) is 3. The highest BCUT2D eigenvalue weighted by Gasteiger charge is 2.20. The molecule has 0 unspecified atom stereocenters. The number of nitrogens with zero attached hydrogens (tertiary/aromatic N) is 1. The van der Waals surface area contributed by atoms with Crippen molar-refractivity contribution >= 4 is 5.91 Å². The van der Waals surface area contributed by atoms with Crippen molar-refractivity contribution in [1.29, 1.82) is 0 Å². The Balaban J connectivity index is 2.22. The van der Waals surface area contributed by atoms with Gasteiger partial charge in [0.1, 0.15) is 0 Å². The number of amides is 1. The van der Waals surface area contributed by atoms with Crippen molar-refractivity contribution in [2.45, 2.75) is 19.4 Å². The maximum atomic E-state index is 12.1. The number of hydrogen-bond donors (Lipinski definition) is 3. The minimum absolute atomic E-state index is 0.111. The average Bonchev–Trinajstić information content (AvgIpc) is 2.92. The lowest BCUT2D eigenvalue weighted by Gasteiger charge is -2.23. The van der Waals surface area contributed by atoms with Gasteiger partial charge in [0.15, 0.2) is 0 Å². The van der Waals surface area contributed by atoms with Crippen LogP contribution in [0.3, 0.4) is 0 Å². The van der Waals surface area contributed by atoms with Crippen LogP contribution in [0.4, 0.5) is 0 Å². The van der Waals surface area contributed by atoms with Crippen LogP contribution in [-0.4, -0.2) is 33.4 Å². The number of carbonyl (C=O) groups is 1. The van der Waals surface area contributed by atoms with Crippen molar-refractivity contribution < 1.29 is 9.90 Å². The first-order valence-electron chi connectivity index (χ1n) is 6.04. The summed E-state index contributed by atoms with van der Waals surface area (Å²) in [7, 11) is 0. The first kappa shape index (κ1) is 13.3. The summed E-state index contributed by atoms with van der Waals surface area (Å²) in [5.74, 6) is -0.204. The van der Waals surface area contributed by atoms with Crippen LogP contribution in [-0.2, 0) is 0 Å². The smallest absolute Gasteiger partial charge is 0.251 e. The third-order valence-corrected chi connectivity index (χ3v) is 2.80. The fraction of sp³-hybridized carbons (Fsp3) is 0.286. The molecular weight excluding hydrogens is 242 g/mol. The number of nitrogens with one attached hydrogen (secondary N) is 2. The van der Waals surface area contributed by atoms with Crippen molar-refractivity contribution in [2.75, 3.05) is 6.61 Å². The Morgan fingerprint density at radius 3 is 2.84 bits per heavy atom. The highest BCUT2D eigenvalue weighted by atomic mass is 16.3. The molecule has 0 saturated carbocycles. The maximum absolute atomic E-state index is 12.1. The van der Waals surface area contributed by atoms with Gasteiger partial charge in [-0.3, -0.25) is 9.89 Å². The molecule has 0 saturated heterocycles. The van der Waals surface area contributed by atoms with E-state index in [0.717, 1.165) is 11.1 Å². The molecule has 3 N–H and O–H groups in total. The van der Waals surface area contributed by atoms with Crippen LogP contribution >= 0.6 is 0 Å². The molecule has 0 radical (unpaired) electrons. The zero-order valence-electron chi connectivity index (χ0n) is 11.0. The lowest BCUT2D eigenvalue weighted by molar-refractivity contribution is 0.0869. The fourth-order valence-electron chi connectivity index (χ4n) is 1.67. The molecule has 1 amide bonds. The van der Waals surface area contributed by atoms with E-state index in [9.17, 15) is 4.79 Å². The van der Waals surface area contributed by atoms with E-state index in [1.54, 1.807) is 38.4 Å². The molecule has 0 spiro atoms. The molecule has 2 rings (SSSR count). The van der Waals surface area contributed by atoms with E-state index in [-0.39, 0.29) is 12.5 Å². The van der Waals surface area contributed by atoms with Crippen LogP contribution in [0, 0.1) is 0 Å². The first-order valence-corrected chi connectivity index (χ1v) is 6.04. The minimum atomic E-state index is -0.636. The zero-order chi connectivity index (χ0) is 13.9. The van der Waals surface area contributed by atoms with Gasteiger partial charge in [-0.25, -0.2) is 0 Å². The van der Waals surface area contributed by atoms with Crippen molar-refractivity contribution in [2.24, 2.45) is 0 Å². The number of aromatic nitrogens is 2. The predicted octanol–water partition coefficient (Wildman–Crippen LogP) is 1.58. The summed E-state index contributed by atoms with van der Waals surface area (Å²) < 4.78 is 0. The SMILES string of the molecule is CC(C)(CO)NC(=O)c1cccc(-c2cn[nH]c2)c1. The molecule has 1 aromatic carbocycles. The maximum Gasteiger partial charge on any atom is 0.251 e. The Labute approximate surface area is 111 Å². The Morgan fingerprint density at radius 1 is 1.42 bits per heavy atom. The van der Waals surface area contributed by atoms with Gasteiger partial charge in [-0.1, -0.05) is 12.1 Å². The van der Waals surface area contributed by atoms with E-state index in [1.165, 1.54) is 0 Å². The Hall–Kier alpha value is -2.14. The molecule has 1 heterocycles. The average molecular weight is 259 g/mol. The quantitative estimate of drug-likeness (QED) is 0.780. The monoisotopic (exact) mass is 259 g/mol. The number of aliphatic hydroxyl groups is 1. The summed E-state index contributed by atoms with van der Waals surface area (Å²) >= 11 is 0. The number of H-pyrrole nitrogens is 1. The van der Waals surface area contributed by atoms with Gasteiger partial charge in [0.05, 0.1) is 18.3 Å². The van der Waals surface area contributed by atoms with Gasteiger partial charge >= 0.3 is 0 Å². The Kier molecular flexibility index (Phi) is 3.66. The summed E-state index contributed by atoms with van der Waals surface area (Å²) in [5.41, 5.74) is 1.77.